The van der Waals surface area contributed by atoms with Gasteiger partial charge in [-0.25, -0.2) is 0 Å². The number of rotatable bonds is 10. The summed E-state index contributed by atoms with van der Waals surface area (Å²) in [4.78, 5) is 0. The fraction of sp³-hybridized carbons (Fsp3) is 0.368. The lowest BCUT2D eigenvalue weighted by atomic mass is 10.2. The molecule has 0 aromatic heterocycles. The number of ether oxygens (including phenoxy) is 2. The second-order valence-corrected chi connectivity index (χ2v) is 5.70. The molecule has 2 aromatic carbocycles. The minimum atomic E-state index is 0.264. The Kier molecular flexibility index (Phi) is 7.37. The molecule has 0 unspecified atom stereocenters. The molecule has 0 saturated heterocycles. The lowest BCUT2D eigenvalue weighted by Crippen LogP contribution is -2.21. The van der Waals surface area contributed by atoms with Crippen molar-refractivity contribution in [3.05, 3.63) is 47.5 Å². The van der Waals surface area contributed by atoms with Crippen molar-refractivity contribution in [3.8, 4) is 23.0 Å². The van der Waals surface area contributed by atoms with E-state index in [0.29, 0.717) is 13.1 Å². The maximum Gasteiger partial charge on any atom is 0.120 e. The van der Waals surface area contributed by atoms with E-state index in [1.807, 2.05) is 12.1 Å². The van der Waals surface area contributed by atoms with Crippen molar-refractivity contribution in [2.75, 3.05) is 27.3 Å². The van der Waals surface area contributed by atoms with Gasteiger partial charge in [-0.1, -0.05) is 0 Å². The summed E-state index contributed by atoms with van der Waals surface area (Å²) < 4.78 is 10.3. The van der Waals surface area contributed by atoms with Crippen LogP contribution in [-0.4, -0.2) is 37.5 Å². The summed E-state index contributed by atoms with van der Waals surface area (Å²) in [6.45, 7) is 2.79. The van der Waals surface area contributed by atoms with Gasteiger partial charge in [0.25, 0.3) is 0 Å². The maximum absolute atomic E-state index is 9.82. The number of hydrogen-bond acceptors (Lipinski definition) is 6. The molecule has 0 bridgehead atoms. The fourth-order valence-electron chi connectivity index (χ4n) is 2.45. The smallest absolute Gasteiger partial charge is 0.120 e. The average molecular weight is 346 g/mol. The summed E-state index contributed by atoms with van der Waals surface area (Å²) >= 11 is 0. The van der Waals surface area contributed by atoms with Crippen LogP contribution < -0.4 is 20.1 Å². The number of hydrogen-bond donors (Lipinski definition) is 4. The van der Waals surface area contributed by atoms with Gasteiger partial charge < -0.3 is 30.3 Å². The van der Waals surface area contributed by atoms with Crippen LogP contribution in [0.15, 0.2) is 36.4 Å². The zero-order chi connectivity index (χ0) is 18.1. The van der Waals surface area contributed by atoms with Crippen LogP contribution in [0.25, 0.3) is 0 Å². The van der Waals surface area contributed by atoms with Crippen LogP contribution in [0.3, 0.4) is 0 Å². The van der Waals surface area contributed by atoms with Gasteiger partial charge in [0.15, 0.2) is 0 Å². The Morgan fingerprint density at radius 3 is 1.60 bits per heavy atom. The third-order valence-corrected chi connectivity index (χ3v) is 3.91. The molecular weight excluding hydrogens is 320 g/mol. The van der Waals surface area contributed by atoms with Crippen LogP contribution in [0, 0.1) is 0 Å². The first-order chi connectivity index (χ1) is 12.1. The van der Waals surface area contributed by atoms with Crippen LogP contribution in [-0.2, 0) is 13.1 Å². The molecule has 25 heavy (non-hydrogen) atoms. The molecular formula is C19H26N2O4. The Bertz CT molecular complexity index is 619. The second-order valence-electron chi connectivity index (χ2n) is 5.70. The summed E-state index contributed by atoms with van der Waals surface area (Å²) in [5, 5.41) is 26.2. The monoisotopic (exact) mass is 346 g/mol. The highest BCUT2D eigenvalue weighted by Gasteiger charge is 2.04. The molecule has 0 aliphatic rings. The Hall–Kier alpha value is -2.44. The van der Waals surface area contributed by atoms with Gasteiger partial charge in [-0.05, 0) is 55.9 Å². The van der Waals surface area contributed by atoms with Crippen molar-refractivity contribution in [1.29, 1.82) is 0 Å². The molecule has 0 aliphatic heterocycles. The van der Waals surface area contributed by atoms with Gasteiger partial charge in [0.2, 0.25) is 0 Å². The van der Waals surface area contributed by atoms with Gasteiger partial charge in [-0.2, -0.15) is 0 Å². The molecule has 2 aromatic rings. The van der Waals surface area contributed by atoms with Gasteiger partial charge in [0, 0.05) is 24.2 Å². The van der Waals surface area contributed by atoms with Gasteiger partial charge in [0.1, 0.15) is 23.0 Å². The van der Waals surface area contributed by atoms with Gasteiger partial charge >= 0.3 is 0 Å². The molecule has 4 N–H and O–H groups in total. The van der Waals surface area contributed by atoms with Gasteiger partial charge in [-0.15, -0.1) is 0 Å². The van der Waals surface area contributed by atoms with E-state index < -0.39 is 0 Å². The summed E-state index contributed by atoms with van der Waals surface area (Å²) in [7, 11) is 3.21. The van der Waals surface area contributed by atoms with Crippen molar-refractivity contribution < 1.29 is 19.7 Å². The molecule has 0 aliphatic carbocycles. The Balaban J connectivity index is 1.66. The van der Waals surface area contributed by atoms with E-state index in [-0.39, 0.29) is 11.5 Å². The number of benzene rings is 2. The summed E-state index contributed by atoms with van der Waals surface area (Å²) in [6, 6.07) is 10.4. The van der Waals surface area contributed by atoms with Crippen molar-refractivity contribution >= 4 is 0 Å². The zero-order valence-electron chi connectivity index (χ0n) is 14.7. The number of nitrogens with one attached hydrogen (secondary N) is 2. The van der Waals surface area contributed by atoms with E-state index in [1.165, 1.54) is 0 Å². The zero-order valence-corrected chi connectivity index (χ0v) is 14.7. The average Bonchev–Trinajstić information content (AvgIpc) is 2.63. The Morgan fingerprint density at radius 2 is 1.20 bits per heavy atom. The predicted octanol–water partition coefficient (Wildman–Crippen LogP) is 2.38. The van der Waals surface area contributed by atoms with Crippen molar-refractivity contribution in [2.45, 2.75) is 19.5 Å². The fourth-order valence-corrected chi connectivity index (χ4v) is 2.45. The summed E-state index contributed by atoms with van der Waals surface area (Å²) in [5.74, 6) is 1.99. The molecule has 6 nitrogen and oxygen atoms in total. The van der Waals surface area contributed by atoms with E-state index in [2.05, 4.69) is 10.6 Å². The topological polar surface area (TPSA) is 83.0 Å². The highest BCUT2D eigenvalue weighted by Crippen LogP contribution is 2.23. The van der Waals surface area contributed by atoms with Crippen LogP contribution in [0.4, 0.5) is 0 Å². The number of phenols is 2. The van der Waals surface area contributed by atoms with E-state index in [9.17, 15) is 10.2 Å². The van der Waals surface area contributed by atoms with E-state index in [4.69, 9.17) is 9.47 Å². The first kappa shape index (κ1) is 18.9. The third kappa shape index (κ3) is 5.85. The molecule has 6 heteroatoms. The molecule has 0 heterocycles. The molecule has 0 radical (unpaired) electrons. The highest BCUT2D eigenvalue weighted by molar-refractivity contribution is 5.40. The minimum Gasteiger partial charge on any atom is -0.508 e. The van der Waals surface area contributed by atoms with E-state index in [0.717, 1.165) is 42.1 Å². The van der Waals surface area contributed by atoms with E-state index >= 15 is 0 Å². The molecule has 2 rings (SSSR count). The predicted molar refractivity (Wildman–Crippen MR) is 97.3 cm³/mol. The van der Waals surface area contributed by atoms with Crippen LogP contribution >= 0.6 is 0 Å². The quantitative estimate of drug-likeness (QED) is 0.495. The molecule has 0 atom stereocenters. The minimum absolute atomic E-state index is 0.264. The van der Waals surface area contributed by atoms with Crippen LogP contribution in [0.2, 0.25) is 0 Å². The first-order valence-corrected chi connectivity index (χ1v) is 8.27. The molecule has 0 saturated carbocycles. The first-order valence-electron chi connectivity index (χ1n) is 8.27. The molecule has 0 fully saturated rings. The van der Waals surface area contributed by atoms with Crippen molar-refractivity contribution in [3.63, 3.8) is 0 Å². The lowest BCUT2D eigenvalue weighted by molar-refractivity contribution is 0.409. The molecule has 136 valence electrons. The SMILES string of the molecule is COc1ccc(O)c(CNCCCNCc2cc(OC)ccc2O)c1. The Morgan fingerprint density at radius 1 is 0.760 bits per heavy atom. The number of aromatic hydroxyl groups is 2. The van der Waals surface area contributed by atoms with Crippen LogP contribution in [0.5, 0.6) is 23.0 Å². The van der Waals surface area contributed by atoms with Gasteiger partial charge in [-0.3, -0.25) is 0 Å². The number of phenolic OH excluding ortho intramolecular Hbond substituents is 2. The Labute approximate surface area is 148 Å². The summed E-state index contributed by atoms with van der Waals surface area (Å²) in [5.41, 5.74) is 1.63. The molecule has 0 amide bonds. The van der Waals surface area contributed by atoms with Crippen molar-refractivity contribution in [2.24, 2.45) is 0 Å². The van der Waals surface area contributed by atoms with E-state index in [1.54, 1.807) is 38.5 Å². The second kappa shape index (κ2) is 9.76. The van der Waals surface area contributed by atoms with Crippen molar-refractivity contribution in [1.82, 2.24) is 10.6 Å². The standard InChI is InChI=1S/C19H26N2O4/c1-24-16-4-6-18(22)14(10-16)12-20-8-3-9-21-13-15-11-17(25-2)5-7-19(15)23/h4-7,10-11,20-23H,3,8-9,12-13H2,1-2H3. The lowest BCUT2D eigenvalue weighted by Gasteiger charge is -2.10. The normalized spacial score (nSPS) is 10.6. The van der Waals surface area contributed by atoms with Crippen LogP contribution in [0.1, 0.15) is 17.5 Å². The number of methoxy groups -OCH3 is 2. The largest absolute Gasteiger partial charge is 0.508 e. The van der Waals surface area contributed by atoms with Gasteiger partial charge in [0.05, 0.1) is 14.2 Å². The molecule has 0 spiro atoms. The summed E-state index contributed by atoms with van der Waals surface area (Å²) in [6.07, 6.45) is 0.926. The third-order valence-electron chi connectivity index (χ3n) is 3.91. The highest BCUT2D eigenvalue weighted by atomic mass is 16.5. The maximum atomic E-state index is 9.82.